The van der Waals surface area contributed by atoms with Crippen LogP contribution in [0.5, 0.6) is 0 Å². The van der Waals surface area contributed by atoms with E-state index in [-0.39, 0.29) is 0 Å². The van der Waals surface area contributed by atoms with Crippen molar-refractivity contribution < 1.29 is 5.11 Å². The van der Waals surface area contributed by atoms with E-state index >= 15 is 0 Å². The second-order valence-electron chi connectivity index (χ2n) is 3.75. The smallest absolute Gasteiger partial charge is 0.0903 e. The van der Waals surface area contributed by atoms with E-state index in [4.69, 9.17) is 0 Å². The minimum atomic E-state index is -0.556. The van der Waals surface area contributed by atoms with E-state index in [0.29, 0.717) is 5.92 Å². The van der Waals surface area contributed by atoms with Crippen molar-refractivity contribution in [1.29, 1.82) is 0 Å². The summed E-state index contributed by atoms with van der Waals surface area (Å²) in [5, 5.41) is 13.6. The van der Waals surface area contributed by atoms with Crippen LogP contribution in [0.25, 0.3) is 0 Å². The van der Waals surface area contributed by atoms with Crippen LogP contribution in [0.1, 0.15) is 27.2 Å². The summed E-state index contributed by atoms with van der Waals surface area (Å²) < 4.78 is 0. The molecule has 0 spiro atoms. The molecule has 1 rings (SSSR count). The van der Waals surface area contributed by atoms with E-state index in [1.807, 2.05) is 19.9 Å². The highest BCUT2D eigenvalue weighted by Gasteiger charge is 2.36. The number of nitrogens with one attached hydrogen (secondary N) is 1. The zero-order valence-electron chi connectivity index (χ0n) is 8.22. The number of aliphatic hydroxyl groups is 1. The van der Waals surface area contributed by atoms with Gasteiger partial charge in [0.2, 0.25) is 0 Å². The molecule has 0 aliphatic carbocycles. The Morgan fingerprint density at radius 1 is 1.67 bits per heavy atom. The fourth-order valence-electron chi connectivity index (χ4n) is 1.85. The molecule has 0 amide bonds. The molecule has 1 fully saturated rings. The summed E-state index contributed by atoms with van der Waals surface area (Å²) in [6, 6.07) is 0. The first-order valence-electron chi connectivity index (χ1n) is 4.67. The molecule has 2 heteroatoms. The number of hydrogen-bond donors (Lipinski definition) is 2. The normalized spacial score (nSPS) is 38.3. The third-order valence-corrected chi connectivity index (χ3v) is 3.06. The van der Waals surface area contributed by atoms with Crippen LogP contribution in [0.3, 0.4) is 0 Å². The van der Waals surface area contributed by atoms with E-state index in [1.165, 1.54) is 0 Å². The third kappa shape index (κ3) is 1.54. The van der Waals surface area contributed by atoms with Crippen LogP contribution in [0, 0.1) is 5.92 Å². The van der Waals surface area contributed by atoms with Gasteiger partial charge in [0.1, 0.15) is 0 Å². The monoisotopic (exact) mass is 169 g/mol. The molecule has 0 aromatic heterocycles. The number of rotatable bonds is 1. The van der Waals surface area contributed by atoms with Crippen molar-refractivity contribution in [3.8, 4) is 0 Å². The maximum absolute atomic E-state index is 10.3. The molecule has 2 atom stereocenters. The molecule has 1 aliphatic heterocycles. The minimum Gasteiger partial charge on any atom is -0.385 e. The molecule has 70 valence electrons. The Morgan fingerprint density at radius 3 is 2.83 bits per heavy atom. The molecule has 0 aromatic rings. The summed E-state index contributed by atoms with van der Waals surface area (Å²) in [6.45, 7) is 7.94. The molecule has 12 heavy (non-hydrogen) atoms. The van der Waals surface area contributed by atoms with Gasteiger partial charge in [0, 0.05) is 12.5 Å². The van der Waals surface area contributed by atoms with Gasteiger partial charge in [-0.1, -0.05) is 13.0 Å². The highest BCUT2D eigenvalue weighted by molar-refractivity contribution is 5.16. The highest BCUT2D eigenvalue weighted by Crippen LogP contribution is 2.31. The predicted molar refractivity (Wildman–Crippen MR) is 51.0 cm³/mol. The summed E-state index contributed by atoms with van der Waals surface area (Å²) in [6.07, 6.45) is 2.85. The maximum atomic E-state index is 10.3. The molecule has 0 radical (unpaired) electrons. The topological polar surface area (TPSA) is 32.3 Å². The van der Waals surface area contributed by atoms with Crippen LogP contribution in [-0.2, 0) is 0 Å². The molecule has 0 aromatic carbocycles. The summed E-state index contributed by atoms with van der Waals surface area (Å²) in [4.78, 5) is 0. The number of hydrogen-bond acceptors (Lipinski definition) is 2. The van der Waals surface area contributed by atoms with Crippen molar-refractivity contribution in [3.05, 3.63) is 11.6 Å². The van der Waals surface area contributed by atoms with Crippen molar-refractivity contribution >= 4 is 0 Å². The van der Waals surface area contributed by atoms with Gasteiger partial charge in [0.15, 0.2) is 0 Å². The Bertz CT molecular complexity index is 188. The predicted octanol–water partition coefficient (Wildman–Crippen LogP) is 1.31. The van der Waals surface area contributed by atoms with Gasteiger partial charge in [-0.15, -0.1) is 0 Å². The second kappa shape index (κ2) is 3.58. The van der Waals surface area contributed by atoms with Crippen molar-refractivity contribution in [3.63, 3.8) is 0 Å². The van der Waals surface area contributed by atoms with Crippen LogP contribution in [0.4, 0.5) is 0 Å². The van der Waals surface area contributed by atoms with E-state index in [1.54, 1.807) is 0 Å². The van der Waals surface area contributed by atoms with E-state index in [0.717, 1.165) is 25.1 Å². The van der Waals surface area contributed by atoms with Gasteiger partial charge in [-0.2, -0.15) is 0 Å². The first kappa shape index (κ1) is 9.75. The molecule has 1 saturated heterocycles. The molecule has 1 heterocycles. The molecule has 0 saturated carbocycles. The largest absolute Gasteiger partial charge is 0.385 e. The van der Waals surface area contributed by atoms with Crippen molar-refractivity contribution in [2.45, 2.75) is 32.8 Å². The van der Waals surface area contributed by atoms with Gasteiger partial charge in [0.05, 0.1) is 5.60 Å². The van der Waals surface area contributed by atoms with Crippen LogP contribution in [0.2, 0.25) is 0 Å². The number of piperidine rings is 1. The molecular formula is C10H19NO. The van der Waals surface area contributed by atoms with Gasteiger partial charge < -0.3 is 10.4 Å². The van der Waals surface area contributed by atoms with Gasteiger partial charge in [-0.25, -0.2) is 0 Å². The van der Waals surface area contributed by atoms with Crippen LogP contribution < -0.4 is 5.32 Å². The standard InChI is InChI=1S/C10H19NO/c1-4-8(2)10(12)5-6-11-7-9(10)3/h4,9,11-12H,5-7H2,1-3H3/b8-4+. The van der Waals surface area contributed by atoms with Crippen molar-refractivity contribution in [1.82, 2.24) is 5.32 Å². The Kier molecular flexibility index (Phi) is 2.91. The fraction of sp³-hybridized carbons (Fsp3) is 0.800. The summed E-state index contributed by atoms with van der Waals surface area (Å²) in [5.41, 5.74) is 0.552. The Labute approximate surface area is 74.7 Å². The lowest BCUT2D eigenvalue weighted by molar-refractivity contribution is 0.000510. The molecule has 2 unspecified atom stereocenters. The Hall–Kier alpha value is -0.340. The van der Waals surface area contributed by atoms with Crippen molar-refractivity contribution in [2.75, 3.05) is 13.1 Å². The first-order valence-corrected chi connectivity index (χ1v) is 4.67. The maximum Gasteiger partial charge on any atom is 0.0903 e. The highest BCUT2D eigenvalue weighted by atomic mass is 16.3. The van der Waals surface area contributed by atoms with E-state index < -0.39 is 5.60 Å². The van der Waals surface area contributed by atoms with Gasteiger partial charge >= 0.3 is 0 Å². The second-order valence-corrected chi connectivity index (χ2v) is 3.75. The van der Waals surface area contributed by atoms with Crippen LogP contribution in [-0.4, -0.2) is 23.8 Å². The van der Waals surface area contributed by atoms with Gasteiger partial charge in [-0.05, 0) is 32.4 Å². The molecule has 0 bridgehead atoms. The average Bonchev–Trinajstić information content (AvgIpc) is 2.09. The zero-order valence-corrected chi connectivity index (χ0v) is 8.22. The third-order valence-electron chi connectivity index (χ3n) is 3.06. The molecule has 2 N–H and O–H groups in total. The van der Waals surface area contributed by atoms with Crippen molar-refractivity contribution in [2.24, 2.45) is 5.92 Å². The van der Waals surface area contributed by atoms with Gasteiger partial charge in [0.25, 0.3) is 0 Å². The quantitative estimate of drug-likeness (QED) is 0.580. The lowest BCUT2D eigenvalue weighted by atomic mass is 9.78. The van der Waals surface area contributed by atoms with Gasteiger partial charge in [-0.3, -0.25) is 0 Å². The first-order chi connectivity index (χ1) is 5.61. The van der Waals surface area contributed by atoms with E-state index in [2.05, 4.69) is 12.2 Å². The van der Waals surface area contributed by atoms with Crippen LogP contribution in [0.15, 0.2) is 11.6 Å². The molecule has 1 aliphatic rings. The lowest BCUT2D eigenvalue weighted by Gasteiger charge is -2.39. The Morgan fingerprint density at radius 2 is 2.33 bits per heavy atom. The van der Waals surface area contributed by atoms with E-state index in [9.17, 15) is 5.11 Å². The summed E-state index contributed by atoms with van der Waals surface area (Å²) in [5.74, 6) is 0.322. The average molecular weight is 169 g/mol. The molecular weight excluding hydrogens is 150 g/mol. The van der Waals surface area contributed by atoms with Crippen LogP contribution >= 0.6 is 0 Å². The lowest BCUT2D eigenvalue weighted by Crippen LogP contribution is -2.49. The SMILES string of the molecule is C/C=C(\C)C1(O)CCNCC1C. The Balaban J connectivity index is 2.79. The molecule has 2 nitrogen and oxygen atoms in total. The zero-order chi connectivity index (χ0) is 9.19. The summed E-state index contributed by atoms with van der Waals surface area (Å²) in [7, 11) is 0. The fourth-order valence-corrected chi connectivity index (χ4v) is 1.85. The minimum absolute atomic E-state index is 0.322. The summed E-state index contributed by atoms with van der Waals surface area (Å²) >= 11 is 0. The number of allylic oxidation sites excluding steroid dienone is 1.